The molecular formula is C20H17N3OS. The Hall–Kier alpha value is -2.63. The van der Waals surface area contributed by atoms with Crippen LogP contribution in [0.1, 0.15) is 11.1 Å². The number of rotatable bonds is 3. The number of hydrogen-bond acceptors (Lipinski definition) is 3. The molecule has 124 valence electrons. The van der Waals surface area contributed by atoms with Crippen molar-refractivity contribution >= 4 is 22.2 Å². The quantitative estimate of drug-likeness (QED) is 0.558. The topological polar surface area (TPSA) is 64.6 Å². The van der Waals surface area contributed by atoms with Crippen molar-refractivity contribution in [2.45, 2.75) is 23.9 Å². The van der Waals surface area contributed by atoms with E-state index in [-0.39, 0.29) is 0 Å². The maximum Gasteiger partial charge on any atom is 0.327 e. The molecule has 0 saturated carbocycles. The summed E-state index contributed by atoms with van der Waals surface area (Å²) < 4.78 is 13.2. The molecule has 1 unspecified atom stereocenters. The van der Waals surface area contributed by atoms with E-state index in [4.69, 9.17) is 0 Å². The van der Waals surface area contributed by atoms with Gasteiger partial charge in [-0.1, -0.05) is 18.2 Å². The van der Waals surface area contributed by atoms with Crippen LogP contribution in [0.2, 0.25) is 0 Å². The number of aromatic amines is 1. The second-order valence-corrected chi connectivity index (χ2v) is 7.34. The first-order chi connectivity index (χ1) is 12.1. The molecule has 0 aliphatic heterocycles. The zero-order valence-electron chi connectivity index (χ0n) is 14.0. The number of fused-ring (bicyclic) bond motifs is 1. The lowest BCUT2D eigenvalue weighted by Crippen LogP contribution is -2.06. The van der Waals surface area contributed by atoms with E-state index >= 15 is 0 Å². The third kappa shape index (κ3) is 2.92. The van der Waals surface area contributed by atoms with Gasteiger partial charge in [-0.05, 0) is 61.4 Å². The number of aromatic nitrogens is 3. The molecule has 0 bridgehead atoms. The van der Waals surface area contributed by atoms with Crippen LogP contribution in [0.25, 0.3) is 22.3 Å². The Balaban J connectivity index is 1.81. The first kappa shape index (κ1) is 15.9. The van der Waals surface area contributed by atoms with Crippen molar-refractivity contribution in [2.24, 2.45) is 0 Å². The molecule has 2 aromatic carbocycles. The summed E-state index contributed by atoms with van der Waals surface area (Å²) in [6.45, 7) is 4.11. The molecule has 4 rings (SSSR count). The summed E-state index contributed by atoms with van der Waals surface area (Å²) in [4.78, 5) is 12.8. The highest BCUT2D eigenvalue weighted by molar-refractivity contribution is 7.91. The summed E-state index contributed by atoms with van der Waals surface area (Å²) in [6.07, 6.45) is 1.74. The van der Waals surface area contributed by atoms with Gasteiger partial charge in [0.2, 0.25) is 0 Å². The van der Waals surface area contributed by atoms with E-state index in [0.717, 1.165) is 22.3 Å². The summed E-state index contributed by atoms with van der Waals surface area (Å²) in [5, 5.41) is 0.461. The van der Waals surface area contributed by atoms with Crippen LogP contribution in [0.3, 0.4) is 0 Å². The van der Waals surface area contributed by atoms with E-state index in [1.807, 2.05) is 54.6 Å². The highest BCUT2D eigenvalue weighted by atomic mass is 32.2. The molecule has 0 spiro atoms. The number of aryl methyl sites for hydroxylation is 2. The average Bonchev–Trinajstić information content (AvgIpc) is 3.05. The third-order valence-corrected chi connectivity index (χ3v) is 5.58. The van der Waals surface area contributed by atoms with Crippen molar-refractivity contribution in [1.82, 2.24) is 15.0 Å². The van der Waals surface area contributed by atoms with Gasteiger partial charge in [0.05, 0.1) is 33.5 Å². The van der Waals surface area contributed by atoms with Crippen molar-refractivity contribution in [3.63, 3.8) is 0 Å². The minimum absolute atomic E-state index is 0.461. The van der Waals surface area contributed by atoms with E-state index in [2.05, 4.69) is 28.8 Å². The van der Waals surface area contributed by atoms with Crippen molar-refractivity contribution in [1.29, 1.82) is 0 Å². The lowest BCUT2D eigenvalue weighted by Gasteiger charge is -2.10. The fourth-order valence-electron chi connectivity index (χ4n) is 2.80. The monoisotopic (exact) mass is 347 g/mol. The zero-order valence-corrected chi connectivity index (χ0v) is 14.8. The number of H-pyrrole nitrogens is 1. The second kappa shape index (κ2) is 6.35. The Morgan fingerprint density at radius 1 is 0.960 bits per heavy atom. The molecule has 0 radical (unpaired) electrons. The minimum atomic E-state index is -1.41. The van der Waals surface area contributed by atoms with E-state index in [1.165, 1.54) is 11.1 Å². The second-order valence-electron chi connectivity index (χ2n) is 5.98. The summed E-state index contributed by atoms with van der Waals surface area (Å²) in [5.41, 5.74) is 5.75. The average molecular weight is 347 g/mol. The number of benzene rings is 2. The maximum absolute atomic E-state index is 13.2. The van der Waals surface area contributed by atoms with Gasteiger partial charge in [0.25, 0.3) is 0 Å². The molecule has 5 heteroatoms. The van der Waals surface area contributed by atoms with Gasteiger partial charge in [0, 0.05) is 6.20 Å². The van der Waals surface area contributed by atoms with Gasteiger partial charge in [-0.3, -0.25) is 9.97 Å². The fourth-order valence-corrected chi connectivity index (χ4v) is 3.97. The fraction of sp³-hybridized carbons (Fsp3) is 0.100. The van der Waals surface area contributed by atoms with Gasteiger partial charge in [0.15, 0.2) is 4.90 Å². The molecule has 0 fully saturated rings. The molecule has 25 heavy (non-hydrogen) atoms. The van der Waals surface area contributed by atoms with Gasteiger partial charge in [-0.15, -0.1) is 0 Å². The highest BCUT2D eigenvalue weighted by Crippen LogP contribution is 2.30. The molecule has 0 saturated heterocycles. The van der Waals surface area contributed by atoms with Crippen LogP contribution in [0.4, 0.5) is 0 Å². The molecule has 2 aromatic heterocycles. The maximum atomic E-state index is 13.2. The number of nitrogens with zero attached hydrogens (tertiary/aromatic N) is 2. The molecule has 0 amide bonds. The number of nitrogens with one attached hydrogen (secondary N) is 1. The van der Waals surface area contributed by atoms with Crippen LogP contribution in [-0.4, -0.2) is 19.5 Å². The summed E-state index contributed by atoms with van der Waals surface area (Å²) in [6, 6.07) is 17.4. The van der Waals surface area contributed by atoms with Gasteiger partial charge < -0.3 is 4.55 Å². The molecule has 4 nitrogen and oxygen atoms in total. The number of imidazole rings is 1. The third-order valence-electron chi connectivity index (χ3n) is 4.28. The largest absolute Gasteiger partial charge is 0.604 e. The Kier molecular flexibility index (Phi) is 4.03. The smallest absolute Gasteiger partial charge is 0.327 e. The van der Waals surface area contributed by atoms with E-state index in [1.54, 1.807) is 6.20 Å². The van der Waals surface area contributed by atoms with Crippen LogP contribution in [0, 0.1) is 13.8 Å². The van der Waals surface area contributed by atoms with Crippen LogP contribution in [0.15, 0.2) is 70.8 Å². The van der Waals surface area contributed by atoms with E-state index in [0.29, 0.717) is 10.1 Å². The zero-order chi connectivity index (χ0) is 17.4. The van der Waals surface area contributed by atoms with Crippen LogP contribution >= 0.6 is 0 Å². The van der Waals surface area contributed by atoms with Crippen molar-refractivity contribution in [2.75, 3.05) is 0 Å². The Bertz CT molecular complexity index is 1000. The van der Waals surface area contributed by atoms with Crippen molar-refractivity contribution in [3.05, 3.63) is 71.9 Å². The highest BCUT2D eigenvalue weighted by Gasteiger charge is 2.24. The van der Waals surface area contributed by atoms with Crippen LogP contribution in [-0.2, 0) is 11.2 Å². The lowest BCUT2D eigenvalue weighted by atomic mass is 10.1. The van der Waals surface area contributed by atoms with Gasteiger partial charge in [0.1, 0.15) is 0 Å². The first-order valence-electron chi connectivity index (χ1n) is 8.02. The molecular weight excluding hydrogens is 330 g/mol. The number of pyridine rings is 1. The molecule has 0 aliphatic rings. The Labute approximate surface area is 149 Å². The van der Waals surface area contributed by atoms with Gasteiger partial charge >= 0.3 is 5.16 Å². The Morgan fingerprint density at radius 2 is 1.72 bits per heavy atom. The van der Waals surface area contributed by atoms with E-state index < -0.39 is 11.2 Å². The molecule has 2 heterocycles. The van der Waals surface area contributed by atoms with Gasteiger partial charge in [-0.25, -0.2) is 0 Å². The normalized spacial score (nSPS) is 12.4. The van der Waals surface area contributed by atoms with Crippen molar-refractivity contribution < 1.29 is 4.55 Å². The SMILES string of the molecule is Cc1cc2nc([S+]([O-])c3ccccc3-c3ccccn3)[nH]c2cc1C. The minimum Gasteiger partial charge on any atom is -0.604 e. The molecule has 1 N–H and O–H groups in total. The molecule has 0 aliphatic carbocycles. The van der Waals surface area contributed by atoms with E-state index in [9.17, 15) is 4.55 Å². The summed E-state index contributed by atoms with van der Waals surface area (Å²) >= 11 is -1.41. The standard InChI is InChI=1S/C20H17N3OS/c1-13-11-17-18(12-14(13)2)23-20(22-17)25(24)19-9-4-3-7-15(19)16-8-5-6-10-21-16/h3-12H,1-2H3,(H,22,23). The predicted molar refractivity (Wildman–Crippen MR) is 99.9 cm³/mol. The first-order valence-corrected chi connectivity index (χ1v) is 9.17. The lowest BCUT2D eigenvalue weighted by molar-refractivity contribution is 0.588. The number of hydrogen-bond donors (Lipinski definition) is 1. The Morgan fingerprint density at radius 3 is 2.52 bits per heavy atom. The summed E-state index contributed by atoms with van der Waals surface area (Å²) in [5.74, 6) is 0. The molecule has 4 aromatic rings. The van der Waals surface area contributed by atoms with Crippen LogP contribution < -0.4 is 0 Å². The van der Waals surface area contributed by atoms with Gasteiger partial charge in [-0.2, -0.15) is 4.98 Å². The van der Waals surface area contributed by atoms with Crippen LogP contribution in [0.5, 0.6) is 0 Å². The predicted octanol–water partition coefficient (Wildman–Crippen LogP) is 4.41. The summed E-state index contributed by atoms with van der Waals surface area (Å²) in [7, 11) is 0. The molecule has 1 atom stereocenters. The van der Waals surface area contributed by atoms with Crippen molar-refractivity contribution in [3.8, 4) is 11.3 Å².